The minimum atomic E-state index is -0.0311. The van der Waals surface area contributed by atoms with Gasteiger partial charge in [-0.25, -0.2) is 4.98 Å². The quantitative estimate of drug-likeness (QED) is 0.478. The Morgan fingerprint density at radius 2 is 1.56 bits per heavy atom. The van der Waals surface area contributed by atoms with Crippen molar-refractivity contribution in [3.63, 3.8) is 0 Å². The molecule has 0 fully saturated rings. The van der Waals surface area contributed by atoms with Crippen molar-refractivity contribution in [1.29, 1.82) is 0 Å². The van der Waals surface area contributed by atoms with E-state index in [0.29, 0.717) is 11.8 Å². The molecule has 1 heterocycles. The first-order chi connectivity index (χ1) is 13.3. The van der Waals surface area contributed by atoms with Crippen molar-refractivity contribution in [1.82, 2.24) is 9.55 Å². The van der Waals surface area contributed by atoms with Gasteiger partial charge in [0.1, 0.15) is 5.82 Å². The zero-order valence-electron chi connectivity index (χ0n) is 15.2. The van der Waals surface area contributed by atoms with Crippen LogP contribution in [0.2, 0.25) is 0 Å². The Bertz CT molecular complexity index is 1160. The molecule has 0 unspecified atom stereocenters. The number of aromatic nitrogens is 2. The van der Waals surface area contributed by atoms with Crippen LogP contribution >= 0.6 is 0 Å². The summed E-state index contributed by atoms with van der Waals surface area (Å²) in [4.78, 5) is 18.2. The van der Waals surface area contributed by atoms with Crippen LogP contribution in [0.1, 0.15) is 23.9 Å². The molecule has 0 saturated heterocycles. The van der Waals surface area contributed by atoms with E-state index in [-0.39, 0.29) is 5.56 Å². The molecule has 0 bridgehead atoms. The molecule has 4 aromatic rings. The van der Waals surface area contributed by atoms with E-state index in [2.05, 4.69) is 0 Å². The molecule has 0 aliphatic carbocycles. The van der Waals surface area contributed by atoms with Gasteiger partial charge in [-0.15, -0.1) is 0 Å². The fraction of sp³-hybridized carbons (Fsp3) is 0.0833. The average Bonchev–Trinajstić information content (AvgIpc) is 2.73. The minimum Gasteiger partial charge on any atom is -0.268 e. The van der Waals surface area contributed by atoms with E-state index in [1.54, 1.807) is 4.57 Å². The Balaban J connectivity index is 1.95. The fourth-order valence-electron chi connectivity index (χ4n) is 3.27. The van der Waals surface area contributed by atoms with Crippen molar-refractivity contribution in [2.45, 2.75) is 13.3 Å². The van der Waals surface area contributed by atoms with Crippen LogP contribution in [0.15, 0.2) is 83.7 Å². The molecule has 0 saturated carbocycles. The van der Waals surface area contributed by atoms with Gasteiger partial charge in [-0.3, -0.25) is 9.36 Å². The molecule has 27 heavy (non-hydrogen) atoms. The van der Waals surface area contributed by atoms with Gasteiger partial charge in [0.25, 0.3) is 5.56 Å². The maximum atomic E-state index is 13.4. The van der Waals surface area contributed by atoms with Gasteiger partial charge >= 0.3 is 0 Å². The van der Waals surface area contributed by atoms with Gasteiger partial charge in [0.05, 0.1) is 16.6 Å². The highest BCUT2D eigenvalue weighted by atomic mass is 16.1. The summed E-state index contributed by atoms with van der Waals surface area (Å²) in [6, 6.07) is 25.6. The van der Waals surface area contributed by atoms with Crippen molar-refractivity contribution in [3.05, 3.63) is 106 Å². The van der Waals surface area contributed by atoms with E-state index < -0.39 is 0 Å². The zero-order valence-corrected chi connectivity index (χ0v) is 15.2. The lowest BCUT2D eigenvalue weighted by molar-refractivity contribution is 0.833. The van der Waals surface area contributed by atoms with Gasteiger partial charge in [0.2, 0.25) is 0 Å². The highest BCUT2D eigenvalue weighted by molar-refractivity contribution is 5.90. The molecule has 0 aliphatic heterocycles. The Labute approximate surface area is 158 Å². The van der Waals surface area contributed by atoms with Crippen molar-refractivity contribution >= 4 is 23.1 Å². The summed E-state index contributed by atoms with van der Waals surface area (Å²) < 4.78 is 1.72. The van der Waals surface area contributed by atoms with E-state index >= 15 is 0 Å². The second-order valence-electron chi connectivity index (χ2n) is 6.34. The predicted octanol–water partition coefficient (Wildman–Crippen LogP) is 5.12. The fourth-order valence-corrected chi connectivity index (χ4v) is 3.27. The molecule has 0 spiro atoms. The van der Waals surface area contributed by atoms with Gasteiger partial charge < -0.3 is 0 Å². The first kappa shape index (κ1) is 17.0. The van der Waals surface area contributed by atoms with Crippen molar-refractivity contribution in [3.8, 4) is 5.69 Å². The summed E-state index contributed by atoms with van der Waals surface area (Å²) in [5.41, 5.74) is 3.52. The number of hydrogen-bond donors (Lipinski definition) is 0. The SMILES string of the molecule is CCc1nc2cccc(/C=C/c3ccccc3)c2c(=O)n1-c1ccccc1. The molecular weight excluding hydrogens is 332 g/mol. The molecule has 0 radical (unpaired) electrons. The van der Waals surface area contributed by atoms with Crippen molar-refractivity contribution in [2.24, 2.45) is 0 Å². The van der Waals surface area contributed by atoms with E-state index in [0.717, 1.165) is 28.2 Å². The van der Waals surface area contributed by atoms with Crippen molar-refractivity contribution < 1.29 is 0 Å². The first-order valence-electron chi connectivity index (χ1n) is 9.11. The summed E-state index contributed by atoms with van der Waals surface area (Å²) in [5, 5.41) is 0.644. The lowest BCUT2D eigenvalue weighted by Crippen LogP contribution is -2.24. The van der Waals surface area contributed by atoms with Crippen LogP contribution in [-0.4, -0.2) is 9.55 Å². The largest absolute Gasteiger partial charge is 0.268 e. The molecular formula is C24H20N2O. The molecule has 4 rings (SSSR count). The zero-order chi connectivity index (χ0) is 18.6. The van der Waals surface area contributed by atoms with Gasteiger partial charge in [-0.05, 0) is 29.3 Å². The number of benzene rings is 3. The summed E-state index contributed by atoms with van der Waals surface area (Å²) >= 11 is 0. The number of rotatable bonds is 4. The second-order valence-corrected chi connectivity index (χ2v) is 6.34. The summed E-state index contributed by atoms with van der Waals surface area (Å²) in [6.07, 6.45) is 4.70. The third-order valence-corrected chi connectivity index (χ3v) is 4.58. The van der Waals surface area contributed by atoms with Gasteiger partial charge in [-0.1, -0.05) is 79.7 Å². The van der Waals surface area contributed by atoms with E-state index in [1.165, 1.54) is 0 Å². The normalized spacial score (nSPS) is 11.3. The molecule has 0 atom stereocenters. The van der Waals surface area contributed by atoms with Crippen LogP contribution in [-0.2, 0) is 6.42 Å². The van der Waals surface area contributed by atoms with Crippen LogP contribution in [0.3, 0.4) is 0 Å². The third-order valence-electron chi connectivity index (χ3n) is 4.58. The average molecular weight is 352 g/mol. The Morgan fingerprint density at radius 1 is 0.852 bits per heavy atom. The van der Waals surface area contributed by atoms with E-state index in [9.17, 15) is 4.79 Å². The number of para-hydroxylation sites is 1. The lowest BCUT2D eigenvalue weighted by atomic mass is 10.1. The standard InChI is InChI=1S/C24H20N2O/c1-2-22-25-21-15-9-12-19(17-16-18-10-5-3-6-11-18)23(21)24(27)26(22)20-13-7-4-8-14-20/h3-17H,2H2,1H3/b17-16+. The summed E-state index contributed by atoms with van der Waals surface area (Å²) in [6.45, 7) is 2.02. The lowest BCUT2D eigenvalue weighted by Gasteiger charge is -2.13. The van der Waals surface area contributed by atoms with Gasteiger partial charge in [0, 0.05) is 6.42 Å². The number of aryl methyl sites for hydroxylation is 1. The molecule has 0 aliphatic rings. The molecule has 0 N–H and O–H groups in total. The molecule has 1 aromatic heterocycles. The van der Waals surface area contributed by atoms with E-state index in [4.69, 9.17) is 4.98 Å². The Hall–Kier alpha value is -3.46. The van der Waals surface area contributed by atoms with Crippen LogP contribution in [0.4, 0.5) is 0 Å². The topological polar surface area (TPSA) is 34.9 Å². The number of hydrogen-bond acceptors (Lipinski definition) is 2. The van der Waals surface area contributed by atoms with Crippen LogP contribution in [0.25, 0.3) is 28.7 Å². The third kappa shape index (κ3) is 3.32. The summed E-state index contributed by atoms with van der Waals surface area (Å²) in [5.74, 6) is 0.767. The number of nitrogens with zero attached hydrogens (tertiary/aromatic N) is 2. The van der Waals surface area contributed by atoms with Crippen molar-refractivity contribution in [2.75, 3.05) is 0 Å². The van der Waals surface area contributed by atoms with Gasteiger partial charge in [0.15, 0.2) is 0 Å². The summed E-state index contributed by atoms with van der Waals surface area (Å²) in [7, 11) is 0. The molecule has 3 nitrogen and oxygen atoms in total. The molecule has 132 valence electrons. The van der Waals surface area contributed by atoms with E-state index in [1.807, 2.05) is 97.9 Å². The highest BCUT2D eigenvalue weighted by Gasteiger charge is 2.13. The smallest absolute Gasteiger partial charge is 0.266 e. The van der Waals surface area contributed by atoms with Crippen LogP contribution < -0.4 is 5.56 Å². The highest BCUT2D eigenvalue weighted by Crippen LogP contribution is 2.19. The first-order valence-corrected chi connectivity index (χ1v) is 9.11. The van der Waals surface area contributed by atoms with Crippen LogP contribution in [0.5, 0.6) is 0 Å². The van der Waals surface area contributed by atoms with Crippen LogP contribution in [0, 0.1) is 0 Å². The predicted molar refractivity (Wildman–Crippen MR) is 112 cm³/mol. The second kappa shape index (κ2) is 7.42. The molecule has 3 aromatic carbocycles. The number of fused-ring (bicyclic) bond motifs is 1. The minimum absolute atomic E-state index is 0.0311. The monoisotopic (exact) mass is 352 g/mol. The maximum Gasteiger partial charge on any atom is 0.266 e. The molecule has 3 heteroatoms. The Kier molecular flexibility index (Phi) is 4.67. The Morgan fingerprint density at radius 3 is 2.26 bits per heavy atom. The maximum absolute atomic E-state index is 13.4. The van der Waals surface area contributed by atoms with Gasteiger partial charge in [-0.2, -0.15) is 0 Å². The molecule has 0 amide bonds.